The van der Waals surface area contributed by atoms with E-state index in [0.29, 0.717) is 5.02 Å². The van der Waals surface area contributed by atoms with Gasteiger partial charge in [0.15, 0.2) is 5.13 Å². The van der Waals surface area contributed by atoms with Crippen LogP contribution in [0, 0.1) is 12.7 Å². The van der Waals surface area contributed by atoms with Crippen molar-refractivity contribution in [1.29, 1.82) is 0 Å². The number of hydrogen-bond donors (Lipinski definition) is 1. The number of rotatable bonds is 6. The number of aliphatic hydroxyl groups excluding tert-OH is 1. The molecule has 1 fully saturated rings. The number of ketones is 1. The second-order valence-corrected chi connectivity index (χ2v) is 8.91. The normalized spacial score (nSPS) is 17.0. The van der Waals surface area contributed by atoms with Crippen molar-refractivity contribution in [3.63, 3.8) is 0 Å². The Morgan fingerprint density at radius 2 is 1.94 bits per heavy atom. The number of benzene rings is 2. The number of aliphatic hydroxyl groups is 1. The number of Topliss-reactive ketones (excluding diaryl/α,β-unsaturated/α-hetero) is 1. The molecular weight excluding hydrogens is 495 g/mol. The van der Waals surface area contributed by atoms with Crippen LogP contribution in [0.3, 0.4) is 0 Å². The average Bonchev–Trinajstić information content (AvgIpc) is 3.34. The minimum absolute atomic E-state index is 0.0152. The maximum atomic E-state index is 15.0. The number of hydrogen-bond acceptors (Lipinski definition) is 7. The smallest absolute Gasteiger partial charge is 0.350 e. The summed E-state index contributed by atoms with van der Waals surface area (Å²) in [6.07, 6.45) is 1.41. The molecule has 35 heavy (non-hydrogen) atoms. The number of aryl methyl sites for hydroxylation is 1. The molecule has 3 aromatic rings. The lowest BCUT2D eigenvalue weighted by atomic mass is 9.95. The highest BCUT2D eigenvalue weighted by Crippen LogP contribution is 2.44. The number of nitrogens with zero attached hydrogens (tertiary/aromatic N) is 2. The Morgan fingerprint density at radius 1 is 1.26 bits per heavy atom. The zero-order valence-corrected chi connectivity index (χ0v) is 19.9. The Balaban J connectivity index is 1.90. The molecule has 1 atom stereocenters. The highest BCUT2D eigenvalue weighted by Gasteiger charge is 2.49. The van der Waals surface area contributed by atoms with Crippen LogP contribution >= 0.6 is 22.9 Å². The fourth-order valence-electron chi connectivity index (χ4n) is 3.66. The molecule has 0 radical (unpaired) electrons. The second kappa shape index (κ2) is 9.81. The van der Waals surface area contributed by atoms with Crippen LogP contribution in [0.2, 0.25) is 5.02 Å². The molecule has 7 nitrogen and oxygen atoms in total. The first-order valence-corrected chi connectivity index (χ1v) is 11.5. The van der Waals surface area contributed by atoms with Gasteiger partial charge in [0.05, 0.1) is 11.3 Å². The van der Waals surface area contributed by atoms with Crippen molar-refractivity contribution in [2.75, 3.05) is 11.5 Å². The number of esters is 1. The maximum absolute atomic E-state index is 15.0. The Hall–Kier alpha value is -3.82. The summed E-state index contributed by atoms with van der Waals surface area (Å²) in [5.74, 6) is -3.89. The predicted octanol–water partition coefficient (Wildman–Crippen LogP) is 5.21. The molecule has 1 aromatic heterocycles. The highest BCUT2D eigenvalue weighted by atomic mass is 35.5. The lowest BCUT2D eigenvalue weighted by Crippen LogP contribution is -2.29. The first kappa shape index (κ1) is 24.3. The number of carbonyl (C=O) groups excluding carboxylic acids is 3. The quantitative estimate of drug-likeness (QED) is 0.160. The molecule has 0 saturated carbocycles. The summed E-state index contributed by atoms with van der Waals surface area (Å²) in [5, 5.41) is 11.4. The van der Waals surface area contributed by atoms with Gasteiger partial charge in [-0.1, -0.05) is 53.8 Å². The molecule has 1 amide bonds. The van der Waals surface area contributed by atoms with Crippen LogP contribution in [-0.4, -0.2) is 34.4 Å². The molecule has 1 N–H and O–H groups in total. The van der Waals surface area contributed by atoms with Crippen LogP contribution in [0.4, 0.5) is 9.52 Å². The van der Waals surface area contributed by atoms with E-state index in [1.54, 1.807) is 13.0 Å². The van der Waals surface area contributed by atoms with Gasteiger partial charge in [-0.3, -0.25) is 14.5 Å². The molecule has 1 saturated heterocycles. The van der Waals surface area contributed by atoms with Crippen molar-refractivity contribution in [3.8, 4) is 0 Å². The summed E-state index contributed by atoms with van der Waals surface area (Å²) in [6.45, 7) is 5.02. The fraction of sp³-hybridized carbons (Fsp3) is 0.120. The Labute approximate surface area is 208 Å². The van der Waals surface area contributed by atoms with E-state index in [1.165, 1.54) is 48.5 Å². The molecule has 4 rings (SSSR count). The number of aromatic nitrogens is 1. The molecule has 0 bridgehead atoms. The molecule has 2 aromatic carbocycles. The minimum atomic E-state index is -1.32. The van der Waals surface area contributed by atoms with Crippen molar-refractivity contribution in [1.82, 2.24) is 4.98 Å². The molecule has 10 heteroatoms. The van der Waals surface area contributed by atoms with Crippen molar-refractivity contribution in [2.45, 2.75) is 13.0 Å². The fourth-order valence-corrected chi connectivity index (χ4v) is 4.77. The zero-order chi connectivity index (χ0) is 25.3. The predicted molar refractivity (Wildman–Crippen MR) is 130 cm³/mol. The van der Waals surface area contributed by atoms with Crippen molar-refractivity contribution >= 4 is 51.5 Å². The van der Waals surface area contributed by atoms with Gasteiger partial charge in [-0.2, -0.15) is 0 Å². The molecule has 1 aliphatic rings. The van der Waals surface area contributed by atoms with Crippen LogP contribution in [0.25, 0.3) is 5.76 Å². The van der Waals surface area contributed by atoms with E-state index in [0.717, 1.165) is 16.2 Å². The monoisotopic (exact) mass is 512 g/mol. The molecular formula is C25H18ClFN2O5S. The van der Waals surface area contributed by atoms with Gasteiger partial charge in [0, 0.05) is 16.1 Å². The van der Waals surface area contributed by atoms with Gasteiger partial charge < -0.3 is 9.84 Å². The molecule has 0 aliphatic carbocycles. The maximum Gasteiger partial charge on any atom is 0.350 e. The third-order valence-corrected chi connectivity index (χ3v) is 6.66. The van der Waals surface area contributed by atoms with Crippen LogP contribution < -0.4 is 4.90 Å². The van der Waals surface area contributed by atoms with Crippen LogP contribution in [0.15, 0.2) is 66.8 Å². The van der Waals surface area contributed by atoms with Gasteiger partial charge in [-0.25, -0.2) is 14.2 Å². The topological polar surface area (TPSA) is 96.8 Å². The largest absolute Gasteiger partial charge is 0.507 e. The van der Waals surface area contributed by atoms with Gasteiger partial charge in [0.2, 0.25) is 0 Å². The first-order valence-electron chi connectivity index (χ1n) is 10.3. The van der Waals surface area contributed by atoms with Gasteiger partial charge >= 0.3 is 11.9 Å². The van der Waals surface area contributed by atoms with Crippen molar-refractivity contribution in [3.05, 3.63) is 99.3 Å². The van der Waals surface area contributed by atoms with E-state index in [4.69, 9.17) is 16.3 Å². The van der Waals surface area contributed by atoms with E-state index >= 15 is 0 Å². The highest BCUT2D eigenvalue weighted by molar-refractivity contribution is 7.17. The Morgan fingerprint density at radius 3 is 2.60 bits per heavy atom. The van der Waals surface area contributed by atoms with Gasteiger partial charge in [-0.05, 0) is 37.3 Å². The van der Waals surface area contributed by atoms with E-state index < -0.39 is 35.3 Å². The van der Waals surface area contributed by atoms with Crippen molar-refractivity contribution in [2.24, 2.45) is 0 Å². The van der Waals surface area contributed by atoms with Gasteiger partial charge in [-0.15, -0.1) is 0 Å². The molecule has 1 aliphatic heterocycles. The summed E-state index contributed by atoms with van der Waals surface area (Å²) in [7, 11) is 0. The first-order chi connectivity index (χ1) is 16.7. The van der Waals surface area contributed by atoms with Gasteiger partial charge in [0.25, 0.3) is 5.78 Å². The Bertz CT molecular complexity index is 1380. The van der Waals surface area contributed by atoms with E-state index in [1.807, 2.05) is 0 Å². The summed E-state index contributed by atoms with van der Waals surface area (Å²) in [4.78, 5) is 44.1. The van der Waals surface area contributed by atoms with E-state index in [-0.39, 0.29) is 39.0 Å². The van der Waals surface area contributed by atoms with Crippen molar-refractivity contribution < 1.29 is 28.6 Å². The van der Waals surface area contributed by atoms with Crippen LogP contribution in [0.1, 0.15) is 32.5 Å². The summed E-state index contributed by atoms with van der Waals surface area (Å²) in [5.41, 5.74) is 0.153. The average molecular weight is 513 g/mol. The van der Waals surface area contributed by atoms with E-state index in [2.05, 4.69) is 11.6 Å². The summed E-state index contributed by atoms with van der Waals surface area (Å²) < 4.78 is 20.0. The summed E-state index contributed by atoms with van der Waals surface area (Å²) in [6, 6.07) is 10.3. The number of amides is 1. The third kappa shape index (κ3) is 4.48. The Kier molecular flexibility index (Phi) is 6.81. The van der Waals surface area contributed by atoms with Gasteiger partial charge in [0.1, 0.15) is 29.1 Å². The second-order valence-electron chi connectivity index (χ2n) is 7.50. The molecule has 178 valence electrons. The van der Waals surface area contributed by atoms with Crippen LogP contribution in [-0.2, 0) is 14.3 Å². The lowest BCUT2D eigenvalue weighted by molar-refractivity contribution is -0.132. The molecule has 2 heterocycles. The number of anilines is 1. The number of halogens is 2. The SMILES string of the molecule is C=CCOC(=O)c1sc(N2C(=O)C(=O)/C(=C(/O)c3ccc(Cl)cc3)C2c2ccccc2F)nc1C. The molecule has 0 spiro atoms. The summed E-state index contributed by atoms with van der Waals surface area (Å²) >= 11 is 6.75. The lowest BCUT2D eigenvalue weighted by Gasteiger charge is -2.23. The third-order valence-electron chi connectivity index (χ3n) is 5.27. The number of carbonyl (C=O) groups is 3. The molecule has 1 unspecified atom stereocenters. The zero-order valence-electron chi connectivity index (χ0n) is 18.3. The number of ether oxygens (including phenoxy) is 1. The number of thiazole rings is 1. The van der Waals surface area contributed by atoms with E-state index in [9.17, 15) is 23.9 Å². The minimum Gasteiger partial charge on any atom is -0.507 e. The van der Waals surface area contributed by atoms with Crippen LogP contribution in [0.5, 0.6) is 0 Å². The standard InChI is InChI=1S/C25H18ClFN2O5S/c1-3-12-34-24(33)22-13(2)28-25(35-22)29-19(16-6-4-5-7-17(16)27)18(21(31)23(29)32)20(30)14-8-10-15(26)11-9-14/h3-11,19,30H,1,12H2,2H3/b20-18+.